The highest BCUT2D eigenvalue weighted by atomic mass is 79.9. The van der Waals surface area contributed by atoms with E-state index in [0.29, 0.717) is 37.9 Å². The minimum Gasteiger partial charge on any atom is -0.338 e. The zero-order valence-corrected chi connectivity index (χ0v) is 18.6. The molecule has 1 atom stereocenters. The first kappa shape index (κ1) is 20.7. The van der Waals surface area contributed by atoms with Crippen LogP contribution in [-0.2, 0) is 10.0 Å². The first-order valence-electron chi connectivity index (χ1n) is 8.73. The van der Waals surface area contributed by atoms with Gasteiger partial charge in [-0.1, -0.05) is 46.5 Å². The van der Waals surface area contributed by atoms with Crippen molar-refractivity contribution in [1.82, 2.24) is 19.3 Å². The van der Waals surface area contributed by atoms with Crippen LogP contribution in [0.25, 0.3) is 0 Å². The Labute approximate surface area is 172 Å². The molecule has 10 heteroatoms. The Morgan fingerprint density at radius 1 is 1.19 bits per heavy atom. The Morgan fingerprint density at radius 3 is 2.41 bits per heavy atom. The van der Waals surface area contributed by atoms with Crippen LogP contribution in [0.5, 0.6) is 0 Å². The van der Waals surface area contributed by atoms with Gasteiger partial charge in [-0.25, -0.2) is 8.42 Å². The maximum atomic E-state index is 12.9. The quantitative estimate of drug-likeness (QED) is 0.653. The van der Waals surface area contributed by atoms with Crippen molar-refractivity contribution in [3.63, 3.8) is 0 Å². The molecular formula is C17H22BrClN4O3S. The van der Waals surface area contributed by atoms with E-state index in [1.807, 2.05) is 20.8 Å². The average Bonchev–Trinajstić information content (AvgIpc) is 3.11. The first-order chi connectivity index (χ1) is 12.7. The molecule has 148 valence electrons. The van der Waals surface area contributed by atoms with Gasteiger partial charge in [0.25, 0.3) is 0 Å². The van der Waals surface area contributed by atoms with E-state index in [-0.39, 0.29) is 21.9 Å². The number of aromatic nitrogens is 2. The normalized spacial score (nSPS) is 18.1. The van der Waals surface area contributed by atoms with Gasteiger partial charge in [0, 0.05) is 36.6 Å². The lowest BCUT2D eigenvalue weighted by Crippen LogP contribution is -2.49. The maximum absolute atomic E-state index is 12.9. The van der Waals surface area contributed by atoms with E-state index in [1.165, 1.54) is 10.4 Å². The van der Waals surface area contributed by atoms with Gasteiger partial charge in [0.05, 0.1) is 11.1 Å². The zero-order chi connectivity index (χ0) is 19.8. The van der Waals surface area contributed by atoms with Crippen molar-refractivity contribution in [1.29, 1.82) is 0 Å². The second-order valence-corrected chi connectivity index (χ2v) is 10.1. The molecule has 0 aliphatic carbocycles. The minimum atomic E-state index is -3.63. The van der Waals surface area contributed by atoms with E-state index < -0.39 is 10.0 Å². The molecule has 1 aromatic heterocycles. The Kier molecular flexibility index (Phi) is 6.27. The zero-order valence-electron chi connectivity index (χ0n) is 15.4. The van der Waals surface area contributed by atoms with Gasteiger partial charge in [0.2, 0.25) is 15.9 Å². The molecule has 7 nitrogen and oxygen atoms in total. The van der Waals surface area contributed by atoms with Gasteiger partial charge in [-0.05, 0) is 25.1 Å². The van der Waals surface area contributed by atoms with Crippen LogP contribution in [0, 0.1) is 0 Å². The molecule has 0 N–H and O–H groups in total. The van der Waals surface area contributed by atoms with Crippen molar-refractivity contribution in [3.05, 3.63) is 39.4 Å². The van der Waals surface area contributed by atoms with Crippen molar-refractivity contribution >= 4 is 37.6 Å². The summed E-state index contributed by atoms with van der Waals surface area (Å²) >= 11 is 9.44. The maximum Gasteiger partial charge on any atom is 0.244 e. The van der Waals surface area contributed by atoms with Crippen LogP contribution in [0.1, 0.15) is 44.4 Å². The van der Waals surface area contributed by atoms with Gasteiger partial charge in [-0.2, -0.15) is 9.29 Å². The largest absolute Gasteiger partial charge is 0.338 e. The van der Waals surface area contributed by atoms with Crippen LogP contribution in [0.3, 0.4) is 0 Å². The van der Waals surface area contributed by atoms with E-state index in [2.05, 4.69) is 31.0 Å². The second-order valence-electron chi connectivity index (χ2n) is 6.84. The Hall–Kier alpha value is -1.00. The monoisotopic (exact) mass is 476 g/mol. The number of nitrogens with zero attached hydrogens (tertiary/aromatic N) is 4. The van der Waals surface area contributed by atoms with E-state index in [4.69, 9.17) is 16.1 Å². The van der Waals surface area contributed by atoms with Crippen molar-refractivity contribution in [3.8, 4) is 0 Å². The summed E-state index contributed by atoms with van der Waals surface area (Å²) in [7, 11) is -3.63. The van der Waals surface area contributed by atoms with E-state index in [1.54, 1.807) is 12.1 Å². The fourth-order valence-electron chi connectivity index (χ4n) is 2.96. The molecule has 0 bridgehead atoms. The third-order valence-corrected chi connectivity index (χ3v) is 7.54. The topological polar surface area (TPSA) is 79.5 Å². The highest BCUT2D eigenvalue weighted by Crippen LogP contribution is 2.29. The standard InChI is InChI=1S/C17H22BrClN4O3S/c1-11(2)16-20-17(26-21-16)12(3)22-6-8-23(9-7-22)27(24,25)15-5-4-13(18)10-14(15)19/h4-5,10-12H,6-9H2,1-3H3. The van der Waals surface area contributed by atoms with Gasteiger partial charge in [-0.15, -0.1) is 0 Å². The van der Waals surface area contributed by atoms with Crippen LogP contribution < -0.4 is 0 Å². The number of hydrogen-bond acceptors (Lipinski definition) is 6. The van der Waals surface area contributed by atoms with Crippen molar-refractivity contribution in [2.45, 2.75) is 37.6 Å². The molecule has 1 aliphatic rings. The number of halogens is 2. The molecule has 27 heavy (non-hydrogen) atoms. The molecule has 2 aromatic rings. The van der Waals surface area contributed by atoms with E-state index in [0.717, 1.165) is 4.47 Å². The van der Waals surface area contributed by atoms with Crippen LogP contribution in [0.2, 0.25) is 5.02 Å². The molecule has 1 aromatic carbocycles. The number of hydrogen-bond donors (Lipinski definition) is 0. The molecule has 0 spiro atoms. The predicted molar refractivity (Wildman–Crippen MR) is 106 cm³/mol. The molecule has 0 radical (unpaired) electrons. The molecule has 2 heterocycles. The summed E-state index contributed by atoms with van der Waals surface area (Å²) in [5, 5.41) is 4.22. The SMILES string of the molecule is CC(C)c1noc(C(C)N2CCN(S(=O)(=O)c3ccc(Br)cc3Cl)CC2)n1. The molecule has 0 saturated carbocycles. The van der Waals surface area contributed by atoms with Crippen LogP contribution in [-0.4, -0.2) is 53.9 Å². The molecular weight excluding hydrogens is 456 g/mol. The Bertz CT molecular complexity index is 911. The molecule has 0 amide bonds. The lowest BCUT2D eigenvalue weighted by Gasteiger charge is -2.36. The number of sulfonamides is 1. The van der Waals surface area contributed by atoms with Crippen molar-refractivity contribution in [2.24, 2.45) is 0 Å². The predicted octanol–water partition coefficient (Wildman–Crippen LogP) is 3.68. The number of piperazine rings is 1. The lowest BCUT2D eigenvalue weighted by molar-refractivity contribution is 0.124. The lowest BCUT2D eigenvalue weighted by atomic mass is 10.2. The number of rotatable bonds is 5. The van der Waals surface area contributed by atoms with Gasteiger partial charge in [0.15, 0.2) is 5.82 Å². The fraction of sp³-hybridized carbons (Fsp3) is 0.529. The van der Waals surface area contributed by atoms with Gasteiger partial charge in [0.1, 0.15) is 4.90 Å². The van der Waals surface area contributed by atoms with Crippen LogP contribution in [0.15, 0.2) is 32.1 Å². The molecule has 1 fully saturated rings. The summed E-state index contributed by atoms with van der Waals surface area (Å²) in [6.45, 7) is 7.93. The summed E-state index contributed by atoms with van der Waals surface area (Å²) in [6.07, 6.45) is 0. The van der Waals surface area contributed by atoms with E-state index >= 15 is 0 Å². The fourth-order valence-corrected chi connectivity index (χ4v) is 5.40. The van der Waals surface area contributed by atoms with Gasteiger partial charge in [-0.3, -0.25) is 4.90 Å². The third-order valence-electron chi connectivity index (χ3n) is 4.66. The Morgan fingerprint density at radius 2 is 1.85 bits per heavy atom. The minimum absolute atomic E-state index is 0.0638. The highest BCUT2D eigenvalue weighted by molar-refractivity contribution is 9.10. The van der Waals surface area contributed by atoms with Gasteiger partial charge >= 0.3 is 0 Å². The summed E-state index contributed by atoms with van der Waals surface area (Å²) < 4.78 is 33.4. The van der Waals surface area contributed by atoms with E-state index in [9.17, 15) is 8.42 Å². The molecule has 1 unspecified atom stereocenters. The molecule has 3 rings (SSSR count). The first-order valence-corrected chi connectivity index (χ1v) is 11.3. The smallest absolute Gasteiger partial charge is 0.244 e. The number of benzene rings is 1. The highest BCUT2D eigenvalue weighted by Gasteiger charge is 2.33. The van der Waals surface area contributed by atoms with Crippen LogP contribution in [0.4, 0.5) is 0 Å². The summed E-state index contributed by atoms with van der Waals surface area (Å²) in [6, 6.07) is 4.74. The van der Waals surface area contributed by atoms with Crippen molar-refractivity contribution in [2.75, 3.05) is 26.2 Å². The molecule has 1 aliphatic heterocycles. The third kappa shape index (κ3) is 4.37. The van der Waals surface area contributed by atoms with Gasteiger partial charge < -0.3 is 4.52 Å². The summed E-state index contributed by atoms with van der Waals surface area (Å²) in [5.41, 5.74) is 0. The summed E-state index contributed by atoms with van der Waals surface area (Å²) in [5.74, 6) is 1.45. The second kappa shape index (κ2) is 8.16. The molecule has 1 saturated heterocycles. The van der Waals surface area contributed by atoms with Crippen LogP contribution >= 0.6 is 27.5 Å². The average molecular weight is 478 g/mol. The van der Waals surface area contributed by atoms with Crippen molar-refractivity contribution < 1.29 is 12.9 Å². The summed E-state index contributed by atoms with van der Waals surface area (Å²) in [4.78, 5) is 6.72. The Balaban J connectivity index is 1.69.